The minimum absolute atomic E-state index is 0.123. The first-order valence-corrected chi connectivity index (χ1v) is 19.1. The molecule has 2 aliphatic rings. The Morgan fingerprint density at radius 1 is 0.750 bits per heavy atom. The summed E-state index contributed by atoms with van der Waals surface area (Å²) in [6.45, 7) is 10.3. The Morgan fingerprint density at radius 2 is 1.29 bits per heavy atom. The van der Waals surface area contributed by atoms with Gasteiger partial charge in [-0.2, -0.15) is 0 Å². The molecule has 3 aromatic rings. The van der Waals surface area contributed by atoms with Gasteiger partial charge in [0.25, 0.3) is 0 Å². The van der Waals surface area contributed by atoms with Crippen LogP contribution in [0.4, 0.5) is 5.73 Å². The van der Waals surface area contributed by atoms with Crippen LogP contribution in [0.2, 0.25) is 0 Å². The van der Waals surface area contributed by atoms with Crippen LogP contribution in [-0.2, 0) is 23.1 Å². The Balaban J connectivity index is 2.07. The zero-order chi connectivity index (χ0) is 35.4. The van der Waals surface area contributed by atoms with Crippen LogP contribution in [0.5, 0.6) is 0 Å². The van der Waals surface area contributed by atoms with Crippen molar-refractivity contribution in [3.63, 3.8) is 0 Å². The fourth-order valence-corrected chi connectivity index (χ4v) is 9.20. The van der Waals surface area contributed by atoms with Crippen LogP contribution in [0.25, 0.3) is 44.4 Å². The first-order valence-electron chi connectivity index (χ1n) is 15.7. The third-order valence-electron chi connectivity index (χ3n) is 9.38. The molecular weight excluding hydrogens is 729 g/mol. The van der Waals surface area contributed by atoms with E-state index in [1.807, 2.05) is 31.5 Å². The number of aromatic nitrogens is 4. The van der Waals surface area contributed by atoms with Gasteiger partial charge in [-0.1, -0.05) is 0 Å². The summed E-state index contributed by atoms with van der Waals surface area (Å²) in [7, 11) is 1.85. The molecule has 10 nitrogen and oxygen atoms in total. The number of allylic oxidation sites excluding steroid dienone is 3. The molecular formula is C35H39F2N4O6Sn+. The molecule has 5 heterocycles. The Morgan fingerprint density at radius 3 is 1.88 bits per heavy atom. The summed E-state index contributed by atoms with van der Waals surface area (Å²) in [5, 5.41) is 40.9. The maximum atomic E-state index is 15.3. The molecule has 4 N–H and O–H groups in total. The molecule has 5 rings (SSSR count). The number of nitrogens with zero attached hydrogens (tertiary/aromatic N) is 4. The number of aliphatic hydroxyl groups excluding tert-OH is 2. The van der Waals surface area contributed by atoms with E-state index in [-0.39, 0.29) is 36.7 Å². The standard InChI is InChI=1S/C35H40N4O6.2FH.Sn/c1-16-22(8-10-32(42)43)27-15-31-23(9-11-33(44)45)17(2)30(39(31)7)14-26-19(4)35(21(6)41)29(38-26)13-25-18(3)34(20(5)40)28(37-25)12-24(16)36-27;;;/h12-15,20-21,40-41H,8-11H2,1-7H3,(H3,36,37,38,42,43,44,45);2*1H;/q;;;+4/p-3. The monoisotopic (exact) mass is 769 g/mol. The number of hydrogen-bond donors (Lipinski definition) is 4. The van der Waals surface area contributed by atoms with Crippen molar-refractivity contribution in [2.24, 2.45) is 7.05 Å². The van der Waals surface area contributed by atoms with E-state index < -0.39 is 45.3 Å². The van der Waals surface area contributed by atoms with Gasteiger partial charge < -0.3 is 5.11 Å². The molecule has 0 amide bonds. The number of halogens is 2. The van der Waals surface area contributed by atoms with Gasteiger partial charge in [0.15, 0.2) is 0 Å². The second-order valence-corrected chi connectivity index (χ2v) is 15.1. The molecule has 0 radical (unpaired) electrons. The fraction of sp³-hybridized carbons (Fsp3) is 0.371. The van der Waals surface area contributed by atoms with Crippen LogP contribution in [0.1, 0.15) is 98.1 Å². The predicted molar refractivity (Wildman–Crippen MR) is 182 cm³/mol. The average Bonchev–Trinajstić information content (AvgIpc) is 3.62. The zero-order valence-electron chi connectivity index (χ0n) is 27.9. The average molecular weight is 768 g/mol. The van der Waals surface area contributed by atoms with Gasteiger partial charge in [0.2, 0.25) is 0 Å². The molecule has 2 aliphatic heterocycles. The first kappa shape index (κ1) is 35.4. The third-order valence-corrected chi connectivity index (χ3v) is 11.7. The molecule has 0 spiro atoms. The van der Waals surface area contributed by atoms with E-state index in [4.69, 9.17) is 9.97 Å². The summed E-state index contributed by atoms with van der Waals surface area (Å²) < 4.78 is 33.5. The van der Waals surface area contributed by atoms with Crippen LogP contribution in [0.15, 0.2) is 24.3 Å². The van der Waals surface area contributed by atoms with Gasteiger partial charge in [-0.25, -0.2) is 0 Å². The van der Waals surface area contributed by atoms with Crippen LogP contribution in [0.3, 0.4) is 0 Å². The summed E-state index contributed by atoms with van der Waals surface area (Å²) in [5.41, 5.74) is 8.23. The van der Waals surface area contributed by atoms with E-state index in [0.717, 1.165) is 19.4 Å². The number of carboxylic acid groups (broad SMARTS) is 2. The van der Waals surface area contributed by atoms with Crippen molar-refractivity contribution in [3.8, 4) is 0 Å². The van der Waals surface area contributed by atoms with Gasteiger partial charge in [0.05, 0.1) is 0 Å². The molecule has 13 heteroatoms. The van der Waals surface area contributed by atoms with Gasteiger partial charge in [-0.3, -0.25) is 4.79 Å². The molecule has 3 aromatic heterocycles. The Kier molecular flexibility index (Phi) is 10.0. The van der Waals surface area contributed by atoms with Crippen molar-refractivity contribution in [1.29, 1.82) is 0 Å². The third kappa shape index (κ3) is 6.32. The molecule has 2 atom stereocenters. The molecule has 0 fully saturated rings. The second kappa shape index (κ2) is 13.6. The van der Waals surface area contributed by atoms with E-state index in [1.165, 1.54) is 6.92 Å². The number of carbonyl (C=O) groups is 2. The summed E-state index contributed by atoms with van der Waals surface area (Å²) in [5.74, 6) is -1.96. The Labute approximate surface area is 285 Å². The molecule has 0 saturated heterocycles. The number of rotatable bonds is 9. The van der Waals surface area contributed by atoms with Gasteiger partial charge in [-0.15, -0.1) is 0 Å². The van der Waals surface area contributed by atoms with Crippen molar-refractivity contribution in [2.75, 3.05) is 0 Å². The van der Waals surface area contributed by atoms with E-state index in [0.29, 0.717) is 61.7 Å². The molecule has 252 valence electrons. The zero-order valence-corrected chi connectivity index (χ0v) is 30.8. The predicted octanol–water partition coefficient (Wildman–Crippen LogP) is 6.36. The SMILES string of the molecule is CC1=C(CCC(=O)O)c2cc3c(CCC(=O)O)c(C)c(cc4nc(cc5c(C)c(C(C)O)c(cc1n2)[n]5[Sn+]([F])[F])C(C(C)O)=C4C)n3C. The van der Waals surface area contributed by atoms with Crippen molar-refractivity contribution in [3.05, 3.63) is 69.3 Å². The molecule has 0 aromatic carbocycles. The van der Waals surface area contributed by atoms with Gasteiger partial charge >= 0.3 is 276 Å². The topological polar surface area (TPSA) is 151 Å². The quantitative estimate of drug-likeness (QED) is 0.184. The van der Waals surface area contributed by atoms with Crippen molar-refractivity contribution in [2.45, 2.75) is 79.4 Å². The van der Waals surface area contributed by atoms with Gasteiger partial charge in [0.1, 0.15) is 0 Å². The molecule has 8 bridgehead atoms. The van der Waals surface area contributed by atoms with Gasteiger partial charge in [-0.05, 0) is 0 Å². The summed E-state index contributed by atoms with van der Waals surface area (Å²) in [6, 6.07) is 6.75. The number of carboxylic acids is 2. The van der Waals surface area contributed by atoms with Crippen molar-refractivity contribution in [1.82, 2.24) is 17.3 Å². The fourth-order valence-electron chi connectivity index (χ4n) is 6.97. The summed E-state index contributed by atoms with van der Waals surface area (Å²) in [4.78, 5) is 33.0. The minimum atomic E-state index is -5.30. The second-order valence-electron chi connectivity index (χ2n) is 12.4. The van der Waals surface area contributed by atoms with Crippen molar-refractivity contribution >= 4 is 77.5 Å². The number of fused-ring (bicyclic) bond motifs is 8. The molecule has 48 heavy (non-hydrogen) atoms. The number of aliphatic carboxylic acids is 2. The van der Waals surface area contributed by atoms with Crippen molar-refractivity contribution < 1.29 is 35.7 Å². The van der Waals surface area contributed by atoms with E-state index in [1.54, 1.807) is 39.0 Å². The molecule has 0 aliphatic carbocycles. The molecule has 0 saturated carbocycles. The van der Waals surface area contributed by atoms with Crippen LogP contribution in [0, 0.1) is 13.8 Å². The number of hydrogen-bond acceptors (Lipinski definition) is 6. The normalized spacial score (nSPS) is 14.5. The maximum absolute atomic E-state index is 15.3. The number of aryl methyl sites for hydroxylation is 4. The Hall–Kier alpha value is -3.88. The summed E-state index contributed by atoms with van der Waals surface area (Å²) in [6.07, 6.45) is -2.01. The van der Waals surface area contributed by atoms with Crippen LogP contribution in [-0.4, -0.2) is 77.0 Å². The van der Waals surface area contributed by atoms with Crippen LogP contribution >= 0.6 is 0 Å². The number of aliphatic hydroxyl groups is 2. The summed E-state index contributed by atoms with van der Waals surface area (Å²) >= 11 is -5.30. The Bertz CT molecular complexity index is 2090. The van der Waals surface area contributed by atoms with Gasteiger partial charge in [0, 0.05) is 0 Å². The first-order chi connectivity index (χ1) is 22.5. The van der Waals surface area contributed by atoms with E-state index in [2.05, 4.69) is 0 Å². The van der Waals surface area contributed by atoms with E-state index in [9.17, 15) is 30.0 Å². The van der Waals surface area contributed by atoms with E-state index >= 15 is 5.73 Å². The van der Waals surface area contributed by atoms with Crippen LogP contribution < -0.4 is 0 Å². The molecule has 2 unspecified atom stereocenters.